The summed E-state index contributed by atoms with van der Waals surface area (Å²) in [6.45, 7) is 2.07. The molecule has 1 aliphatic heterocycles. The number of nitrogens with two attached hydrogens (primary N) is 1. The Bertz CT molecular complexity index is 1110. The van der Waals surface area contributed by atoms with Crippen molar-refractivity contribution in [2.75, 3.05) is 11.5 Å². The van der Waals surface area contributed by atoms with E-state index in [1.807, 2.05) is 54.6 Å². The number of rotatable bonds is 5. The molecule has 1 amide bonds. The van der Waals surface area contributed by atoms with Crippen molar-refractivity contribution < 1.29 is 4.79 Å². The van der Waals surface area contributed by atoms with Gasteiger partial charge in [0.2, 0.25) is 11.0 Å². The van der Waals surface area contributed by atoms with Gasteiger partial charge in [-0.3, -0.25) is 9.79 Å². The van der Waals surface area contributed by atoms with Crippen LogP contribution in [0, 0.1) is 0 Å². The van der Waals surface area contributed by atoms with E-state index >= 15 is 0 Å². The Morgan fingerprint density at radius 2 is 1.77 bits per heavy atom. The maximum atomic E-state index is 12.8. The largest absolute Gasteiger partial charge is 0.374 e. The van der Waals surface area contributed by atoms with Crippen molar-refractivity contribution in [2.24, 2.45) is 9.98 Å². The third-order valence-corrected chi connectivity index (χ3v) is 6.39. The quantitative estimate of drug-likeness (QED) is 0.579. The molecular weight excluding hydrogens is 416 g/mol. The van der Waals surface area contributed by atoms with Crippen molar-refractivity contribution in [1.29, 1.82) is 0 Å². The Labute approximate surface area is 182 Å². The molecule has 2 heterocycles. The molecule has 3 N–H and O–H groups in total. The van der Waals surface area contributed by atoms with E-state index in [9.17, 15) is 4.79 Å². The fourth-order valence-electron chi connectivity index (χ4n) is 3.19. The van der Waals surface area contributed by atoms with Gasteiger partial charge in [-0.1, -0.05) is 72.5 Å². The molecule has 4 rings (SSSR count). The number of aromatic nitrogens is 2. The lowest BCUT2D eigenvalue weighted by Gasteiger charge is -2.20. The lowest BCUT2D eigenvalue weighted by Crippen LogP contribution is -2.38. The first-order valence-electron chi connectivity index (χ1n) is 9.45. The van der Waals surface area contributed by atoms with Crippen LogP contribution in [-0.4, -0.2) is 33.4 Å². The van der Waals surface area contributed by atoms with Gasteiger partial charge in [0.1, 0.15) is 5.84 Å². The monoisotopic (exact) mass is 436 g/mol. The van der Waals surface area contributed by atoms with E-state index in [1.54, 1.807) is 0 Å². The minimum atomic E-state index is -0.227. The van der Waals surface area contributed by atoms with Gasteiger partial charge in [-0.15, -0.1) is 10.2 Å². The van der Waals surface area contributed by atoms with Crippen LogP contribution in [0.5, 0.6) is 0 Å². The van der Waals surface area contributed by atoms with Gasteiger partial charge in [0.25, 0.3) is 0 Å². The fraction of sp³-hybridized carbons (Fsp3) is 0.190. The lowest BCUT2D eigenvalue weighted by atomic mass is 9.91. The van der Waals surface area contributed by atoms with Crippen LogP contribution in [0.25, 0.3) is 0 Å². The van der Waals surface area contributed by atoms with E-state index in [2.05, 4.69) is 22.4 Å². The molecule has 9 heteroatoms. The first-order valence-corrected chi connectivity index (χ1v) is 11.3. The molecule has 0 bridgehead atoms. The Morgan fingerprint density at radius 1 is 1.07 bits per heavy atom. The highest BCUT2D eigenvalue weighted by atomic mass is 32.2. The summed E-state index contributed by atoms with van der Waals surface area (Å²) in [5, 5.41) is 11.1. The number of amidine groups is 1. The molecule has 0 radical (unpaired) electrons. The van der Waals surface area contributed by atoms with Crippen LogP contribution in [0.15, 0.2) is 68.9 Å². The first kappa shape index (κ1) is 20.2. The molecule has 152 valence electrons. The molecule has 1 atom stereocenters. The Balaban J connectivity index is 1.65. The van der Waals surface area contributed by atoms with Crippen molar-refractivity contribution in [3.05, 3.63) is 60.2 Å². The van der Waals surface area contributed by atoms with E-state index in [4.69, 9.17) is 15.7 Å². The summed E-state index contributed by atoms with van der Waals surface area (Å²) in [5.74, 6) is 0.377. The topological polar surface area (TPSA) is 106 Å². The van der Waals surface area contributed by atoms with Gasteiger partial charge in [-0.25, -0.2) is 4.99 Å². The second-order valence-corrected chi connectivity index (χ2v) is 8.76. The molecule has 3 aromatic rings. The molecule has 30 heavy (non-hydrogen) atoms. The number of nitrogens with zero attached hydrogens (tertiary/aromatic N) is 4. The fourth-order valence-corrected chi connectivity index (χ4v) is 4.62. The highest BCUT2D eigenvalue weighted by Crippen LogP contribution is 2.35. The van der Waals surface area contributed by atoms with E-state index in [0.29, 0.717) is 15.3 Å². The van der Waals surface area contributed by atoms with Crippen LogP contribution in [0.2, 0.25) is 0 Å². The lowest BCUT2D eigenvalue weighted by molar-refractivity contribution is -0.117. The maximum Gasteiger partial charge on any atom is 0.235 e. The number of hydrogen-bond acceptors (Lipinski definition) is 8. The molecule has 0 aliphatic carbocycles. The van der Waals surface area contributed by atoms with Gasteiger partial charge in [0.15, 0.2) is 4.34 Å². The molecule has 0 spiro atoms. The highest BCUT2D eigenvalue weighted by molar-refractivity contribution is 8.01. The molecule has 0 fully saturated rings. The van der Waals surface area contributed by atoms with E-state index in [1.165, 1.54) is 23.1 Å². The van der Waals surface area contributed by atoms with Crippen LogP contribution in [0.4, 0.5) is 16.5 Å². The minimum absolute atomic E-state index is 0.164. The van der Waals surface area contributed by atoms with Crippen LogP contribution in [0.3, 0.4) is 0 Å². The predicted molar refractivity (Wildman–Crippen MR) is 123 cm³/mol. The zero-order chi connectivity index (χ0) is 20.9. The summed E-state index contributed by atoms with van der Waals surface area (Å²) in [6.07, 6.45) is 0.738. The number of para-hydroxylation sites is 2. The van der Waals surface area contributed by atoms with Crippen molar-refractivity contribution in [2.45, 2.75) is 23.6 Å². The first-order chi connectivity index (χ1) is 14.6. The number of carbonyl (C=O) groups excluding carboxylic acids is 1. The summed E-state index contributed by atoms with van der Waals surface area (Å²) in [7, 11) is 0. The second-order valence-electron chi connectivity index (χ2n) is 6.53. The summed E-state index contributed by atoms with van der Waals surface area (Å²) in [5.41, 5.74) is 9.14. The summed E-state index contributed by atoms with van der Waals surface area (Å²) >= 11 is 2.56. The van der Waals surface area contributed by atoms with Crippen molar-refractivity contribution in [1.82, 2.24) is 15.5 Å². The van der Waals surface area contributed by atoms with Gasteiger partial charge in [-0.2, -0.15) is 0 Å². The SMILES string of the molecule is CCC1=Nc2ccccc2N=C(NC(=O)CSc2nnc(N)s2)C1c1ccccc1. The number of benzene rings is 2. The van der Waals surface area contributed by atoms with Crippen LogP contribution in [0.1, 0.15) is 24.8 Å². The standard InChI is InChI=1S/C21H20N6OS2/c1-2-14-18(13-8-4-3-5-9-13)19(24-16-11-7-6-10-15(16)23-14)25-17(28)12-29-21-27-26-20(22)30-21/h3-11,18H,2,12H2,1H3,(H2,22,26)(H,24,25,28). The number of amides is 1. The number of hydrogen-bond donors (Lipinski definition) is 2. The van der Waals surface area contributed by atoms with Gasteiger partial charge >= 0.3 is 0 Å². The summed E-state index contributed by atoms with van der Waals surface area (Å²) in [4.78, 5) is 22.5. The Hall–Kier alpha value is -3.04. The highest BCUT2D eigenvalue weighted by Gasteiger charge is 2.27. The Kier molecular flexibility index (Phi) is 6.20. The normalized spacial score (nSPS) is 15.6. The number of fused-ring (bicyclic) bond motifs is 1. The van der Waals surface area contributed by atoms with E-state index < -0.39 is 0 Å². The predicted octanol–water partition coefficient (Wildman–Crippen LogP) is 4.34. The number of carbonyl (C=O) groups is 1. The molecule has 7 nitrogen and oxygen atoms in total. The average molecular weight is 437 g/mol. The van der Waals surface area contributed by atoms with Crippen LogP contribution in [-0.2, 0) is 4.79 Å². The average Bonchev–Trinajstić information content (AvgIpc) is 3.11. The van der Waals surface area contributed by atoms with Crippen LogP contribution < -0.4 is 11.1 Å². The molecule has 0 saturated carbocycles. The third kappa shape index (κ3) is 4.58. The zero-order valence-electron chi connectivity index (χ0n) is 16.3. The minimum Gasteiger partial charge on any atom is -0.374 e. The number of thioether (sulfide) groups is 1. The van der Waals surface area contributed by atoms with Gasteiger partial charge in [0.05, 0.1) is 23.0 Å². The smallest absolute Gasteiger partial charge is 0.235 e. The van der Waals surface area contributed by atoms with E-state index in [0.717, 1.165) is 29.1 Å². The number of anilines is 1. The molecule has 0 saturated heterocycles. The summed E-state index contributed by atoms with van der Waals surface area (Å²) < 4.78 is 0.659. The van der Waals surface area contributed by atoms with Crippen LogP contribution >= 0.6 is 23.1 Å². The number of nitrogen functional groups attached to an aromatic ring is 1. The molecular formula is C21H20N6OS2. The van der Waals surface area contributed by atoms with Gasteiger partial charge < -0.3 is 11.1 Å². The zero-order valence-corrected chi connectivity index (χ0v) is 17.9. The van der Waals surface area contributed by atoms with Crippen molar-refractivity contribution >= 4 is 57.1 Å². The third-order valence-electron chi connectivity index (χ3n) is 4.50. The number of nitrogens with one attached hydrogen (secondary N) is 1. The van der Waals surface area contributed by atoms with Gasteiger partial charge in [-0.05, 0) is 24.1 Å². The molecule has 1 unspecified atom stereocenters. The molecule has 2 aromatic carbocycles. The second kappa shape index (κ2) is 9.19. The molecule has 1 aliphatic rings. The van der Waals surface area contributed by atoms with E-state index in [-0.39, 0.29) is 17.6 Å². The summed E-state index contributed by atoms with van der Waals surface area (Å²) in [6, 6.07) is 17.7. The van der Waals surface area contributed by atoms with Crippen molar-refractivity contribution in [3.63, 3.8) is 0 Å². The Morgan fingerprint density at radius 3 is 2.43 bits per heavy atom. The van der Waals surface area contributed by atoms with Crippen molar-refractivity contribution in [3.8, 4) is 0 Å². The molecule has 1 aromatic heterocycles. The number of aliphatic imine (C=N–C) groups is 2. The van der Waals surface area contributed by atoms with Gasteiger partial charge in [0, 0.05) is 5.71 Å². The maximum absolute atomic E-state index is 12.8.